The van der Waals surface area contributed by atoms with E-state index in [-0.39, 0.29) is 18.4 Å². The Morgan fingerprint density at radius 1 is 1.08 bits per heavy atom. The maximum Gasteiger partial charge on any atom is 0.230 e. The van der Waals surface area contributed by atoms with Crippen LogP contribution in [0.2, 0.25) is 0 Å². The molecule has 38 heavy (non-hydrogen) atoms. The van der Waals surface area contributed by atoms with E-state index in [4.69, 9.17) is 19.9 Å². The van der Waals surface area contributed by atoms with Crippen LogP contribution in [0.5, 0.6) is 11.5 Å². The van der Waals surface area contributed by atoms with E-state index in [1.807, 2.05) is 42.5 Å². The average molecular weight is 527 g/mol. The predicted octanol–water partition coefficient (Wildman–Crippen LogP) is 4.24. The molecular formula is C31H46N2O5. The minimum atomic E-state index is -0.816. The predicted molar refractivity (Wildman–Crippen MR) is 151 cm³/mol. The monoisotopic (exact) mass is 526 g/mol. The SMILES string of the molecule is COCCCOc1cc(C[C@@H](C[C@H](N)[C@@H](O)CNC(=O)C2(c3ccccc3)CCC2)C(C)C)ccc1OC. The summed E-state index contributed by atoms with van der Waals surface area (Å²) in [5, 5.41) is 13.9. The molecule has 1 saturated carbocycles. The Morgan fingerprint density at radius 3 is 2.42 bits per heavy atom. The van der Waals surface area contributed by atoms with Crippen LogP contribution >= 0.6 is 0 Å². The molecule has 0 saturated heterocycles. The lowest BCUT2D eigenvalue weighted by Gasteiger charge is -2.41. The zero-order chi connectivity index (χ0) is 27.5. The summed E-state index contributed by atoms with van der Waals surface area (Å²) in [6.07, 6.45) is 4.14. The highest BCUT2D eigenvalue weighted by Gasteiger charge is 2.45. The van der Waals surface area contributed by atoms with Crippen LogP contribution < -0.4 is 20.5 Å². The van der Waals surface area contributed by atoms with Crippen molar-refractivity contribution in [1.29, 1.82) is 0 Å². The molecule has 0 aliphatic heterocycles. The van der Waals surface area contributed by atoms with Crippen LogP contribution in [0.3, 0.4) is 0 Å². The van der Waals surface area contributed by atoms with Crippen molar-refractivity contribution in [3.8, 4) is 11.5 Å². The number of aliphatic hydroxyl groups is 1. The van der Waals surface area contributed by atoms with Crippen molar-refractivity contribution in [2.75, 3.05) is 34.0 Å². The number of nitrogens with one attached hydrogen (secondary N) is 1. The van der Waals surface area contributed by atoms with Crippen LogP contribution in [-0.4, -0.2) is 57.1 Å². The van der Waals surface area contributed by atoms with Crippen molar-refractivity contribution in [1.82, 2.24) is 5.32 Å². The number of nitrogens with two attached hydrogens (primary N) is 1. The molecule has 1 aliphatic rings. The molecule has 2 aromatic rings. The summed E-state index contributed by atoms with van der Waals surface area (Å²) in [5.74, 6) is 2.03. The zero-order valence-electron chi connectivity index (χ0n) is 23.4. The van der Waals surface area contributed by atoms with Gasteiger partial charge in [-0.15, -0.1) is 0 Å². The first kappa shape index (κ1) is 29.9. The Balaban J connectivity index is 1.57. The Labute approximate surface area is 228 Å². The lowest BCUT2D eigenvalue weighted by atomic mass is 9.64. The molecule has 1 fully saturated rings. The molecule has 7 heteroatoms. The smallest absolute Gasteiger partial charge is 0.230 e. The van der Waals surface area contributed by atoms with Crippen molar-refractivity contribution < 1.29 is 24.1 Å². The lowest BCUT2D eigenvalue weighted by molar-refractivity contribution is -0.130. The number of hydrogen-bond acceptors (Lipinski definition) is 6. The highest BCUT2D eigenvalue weighted by atomic mass is 16.5. The van der Waals surface area contributed by atoms with E-state index in [0.717, 1.165) is 49.0 Å². The van der Waals surface area contributed by atoms with Crippen molar-refractivity contribution >= 4 is 5.91 Å². The molecule has 0 bridgehead atoms. The second-order valence-electron chi connectivity index (χ2n) is 10.9. The van der Waals surface area contributed by atoms with Crippen LogP contribution in [0.1, 0.15) is 57.1 Å². The molecule has 0 heterocycles. The van der Waals surface area contributed by atoms with E-state index < -0.39 is 17.6 Å². The average Bonchev–Trinajstić information content (AvgIpc) is 2.89. The Kier molecular flexibility index (Phi) is 11.4. The molecule has 0 aromatic heterocycles. The third-order valence-corrected chi connectivity index (χ3v) is 7.93. The van der Waals surface area contributed by atoms with E-state index in [0.29, 0.717) is 31.3 Å². The summed E-state index contributed by atoms with van der Waals surface area (Å²) >= 11 is 0. The van der Waals surface area contributed by atoms with Gasteiger partial charge in [-0.1, -0.05) is 56.7 Å². The number of hydrogen-bond donors (Lipinski definition) is 3. The summed E-state index contributed by atoms with van der Waals surface area (Å²) in [4.78, 5) is 13.1. The Bertz CT molecular complexity index is 993. The summed E-state index contributed by atoms with van der Waals surface area (Å²) in [7, 11) is 3.32. The van der Waals surface area contributed by atoms with Crippen molar-refractivity contribution in [3.05, 3.63) is 59.7 Å². The number of rotatable bonds is 16. The van der Waals surface area contributed by atoms with E-state index in [1.165, 1.54) is 0 Å². The molecule has 0 spiro atoms. The number of carbonyl (C=O) groups excluding carboxylic acids is 1. The van der Waals surface area contributed by atoms with Crippen LogP contribution in [0.15, 0.2) is 48.5 Å². The summed E-state index contributed by atoms with van der Waals surface area (Å²) in [6, 6.07) is 15.5. The van der Waals surface area contributed by atoms with Gasteiger partial charge in [0.1, 0.15) is 0 Å². The van der Waals surface area contributed by atoms with Gasteiger partial charge in [-0.3, -0.25) is 4.79 Å². The molecule has 1 amide bonds. The topological polar surface area (TPSA) is 103 Å². The second-order valence-corrected chi connectivity index (χ2v) is 10.9. The molecule has 4 N–H and O–H groups in total. The van der Waals surface area contributed by atoms with Gasteiger partial charge in [0.15, 0.2) is 11.5 Å². The van der Waals surface area contributed by atoms with Crippen molar-refractivity contribution in [2.24, 2.45) is 17.6 Å². The lowest BCUT2D eigenvalue weighted by Crippen LogP contribution is -2.52. The number of ether oxygens (including phenoxy) is 3. The summed E-state index contributed by atoms with van der Waals surface area (Å²) in [5.41, 5.74) is 8.17. The number of amides is 1. The van der Waals surface area contributed by atoms with Crippen LogP contribution in [-0.2, 0) is 21.4 Å². The fourth-order valence-electron chi connectivity index (χ4n) is 5.20. The van der Waals surface area contributed by atoms with Gasteiger partial charge >= 0.3 is 0 Å². The van der Waals surface area contributed by atoms with E-state index in [9.17, 15) is 9.90 Å². The maximum atomic E-state index is 13.1. The normalized spacial score (nSPS) is 16.8. The third-order valence-electron chi connectivity index (χ3n) is 7.93. The molecule has 0 radical (unpaired) electrons. The van der Waals surface area contributed by atoms with Gasteiger partial charge in [-0.25, -0.2) is 0 Å². The van der Waals surface area contributed by atoms with Gasteiger partial charge in [-0.2, -0.15) is 0 Å². The summed E-state index contributed by atoms with van der Waals surface area (Å²) in [6.45, 7) is 5.71. The molecular weight excluding hydrogens is 480 g/mol. The van der Waals surface area contributed by atoms with Gasteiger partial charge in [0, 0.05) is 32.7 Å². The Hall–Kier alpha value is -2.61. The fourth-order valence-corrected chi connectivity index (χ4v) is 5.20. The molecule has 0 unspecified atom stereocenters. The number of methoxy groups -OCH3 is 2. The third kappa shape index (κ3) is 7.71. The van der Waals surface area contributed by atoms with E-state index in [1.54, 1.807) is 14.2 Å². The molecule has 2 aromatic carbocycles. The van der Waals surface area contributed by atoms with Gasteiger partial charge in [0.2, 0.25) is 5.91 Å². The quantitative estimate of drug-likeness (QED) is 0.283. The van der Waals surface area contributed by atoms with Gasteiger partial charge < -0.3 is 30.4 Å². The standard InChI is InChI=1S/C31H46N2O5/c1-22(2)24(18-23-12-13-28(37-4)29(19-23)38-17-9-16-36-3)20-26(32)27(34)21-33-30(35)31(14-8-15-31)25-10-6-5-7-11-25/h5-7,10-13,19,22,24,26-27,34H,8-9,14-18,20-21,32H2,1-4H3,(H,33,35)/t24-,26-,27-/m0/s1. The first-order chi connectivity index (χ1) is 18.3. The first-order valence-corrected chi connectivity index (χ1v) is 13.9. The largest absolute Gasteiger partial charge is 0.493 e. The fraction of sp³-hybridized carbons (Fsp3) is 0.581. The highest BCUT2D eigenvalue weighted by Crippen LogP contribution is 2.43. The second kappa shape index (κ2) is 14.5. The number of carbonyl (C=O) groups is 1. The van der Waals surface area contributed by atoms with Gasteiger partial charge in [-0.05, 0) is 60.8 Å². The van der Waals surface area contributed by atoms with Crippen LogP contribution in [0.4, 0.5) is 0 Å². The van der Waals surface area contributed by atoms with Crippen molar-refractivity contribution in [2.45, 2.75) is 69.9 Å². The summed E-state index contributed by atoms with van der Waals surface area (Å²) < 4.78 is 16.5. The minimum Gasteiger partial charge on any atom is -0.493 e. The zero-order valence-corrected chi connectivity index (χ0v) is 23.4. The highest BCUT2D eigenvalue weighted by molar-refractivity contribution is 5.89. The molecule has 7 nitrogen and oxygen atoms in total. The maximum absolute atomic E-state index is 13.1. The van der Waals surface area contributed by atoms with E-state index >= 15 is 0 Å². The van der Waals surface area contributed by atoms with E-state index in [2.05, 4.69) is 25.2 Å². The van der Waals surface area contributed by atoms with Gasteiger partial charge in [0.25, 0.3) is 0 Å². The number of benzene rings is 2. The molecule has 3 atom stereocenters. The molecule has 1 aliphatic carbocycles. The number of aliphatic hydroxyl groups excluding tert-OH is 1. The van der Waals surface area contributed by atoms with Gasteiger partial charge in [0.05, 0.1) is 25.2 Å². The Morgan fingerprint density at radius 2 is 1.82 bits per heavy atom. The first-order valence-electron chi connectivity index (χ1n) is 13.9. The molecule has 210 valence electrons. The van der Waals surface area contributed by atoms with Crippen LogP contribution in [0, 0.1) is 11.8 Å². The molecule has 3 rings (SSSR count). The minimum absolute atomic E-state index is 0.0159. The van der Waals surface area contributed by atoms with Crippen molar-refractivity contribution in [3.63, 3.8) is 0 Å². The van der Waals surface area contributed by atoms with Crippen LogP contribution in [0.25, 0.3) is 0 Å².